The van der Waals surface area contributed by atoms with Crippen LogP contribution in [-0.2, 0) is 19.4 Å². The topological polar surface area (TPSA) is 64.3 Å². The van der Waals surface area contributed by atoms with Crippen LogP contribution < -0.4 is 10.5 Å². The van der Waals surface area contributed by atoms with E-state index in [1.807, 2.05) is 0 Å². The van der Waals surface area contributed by atoms with E-state index in [1.54, 1.807) is 0 Å². The van der Waals surface area contributed by atoms with Gasteiger partial charge in [-0.2, -0.15) is 9.97 Å². The Hall–Kier alpha value is -2.40. The van der Waals surface area contributed by atoms with Crippen LogP contribution in [-0.4, -0.2) is 34.6 Å². The molecule has 4 rings (SSSR count). The fraction of sp³-hybridized carbons (Fsp3) is 0.500. The van der Waals surface area contributed by atoms with E-state index in [9.17, 15) is 0 Å². The quantitative estimate of drug-likeness (QED) is 0.674. The van der Waals surface area contributed by atoms with Crippen molar-refractivity contribution in [2.24, 2.45) is 0 Å². The summed E-state index contributed by atoms with van der Waals surface area (Å²) < 4.78 is 5.70. The maximum atomic E-state index is 6.17. The number of nitrogens with two attached hydrogens (primary N) is 1. The van der Waals surface area contributed by atoms with Crippen molar-refractivity contribution in [3.05, 3.63) is 52.7 Å². The maximum absolute atomic E-state index is 6.17. The number of hydrogen-bond donors (Lipinski definition) is 1. The van der Waals surface area contributed by atoms with Crippen LogP contribution in [0.3, 0.4) is 0 Å². The van der Waals surface area contributed by atoms with Crippen molar-refractivity contribution < 1.29 is 4.74 Å². The Morgan fingerprint density at radius 3 is 2.55 bits per heavy atom. The second-order valence-corrected chi connectivity index (χ2v) is 8.18. The monoisotopic (exact) mass is 392 g/mol. The zero-order valence-corrected chi connectivity index (χ0v) is 17.5. The molecule has 2 aliphatic rings. The van der Waals surface area contributed by atoms with Crippen LogP contribution in [0.25, 0.3) is 5.57 Å². The summed E-state index contributed by atoms with van der Waals surface area (Å²) >= 11 is 0. The third-order valence-corrected chi connectivity index (χ3v) is 5.88. The lowest BCUT2D eigenvalue weighted by molar-refractivity contribution is 0.221. The van der Waals surface area contributed by atoms with E-state index < -0.39 is 0 Å². The van der Waals surface area contributed by atoms with Crippen molar-refractivity contribution in [1.29, 1.82) is 0 Å². The van der Waals surface area contributed by atoms with E-state index in [4.69, 9.17) is 10.5 Å². The second-order valence-electron chi connectivity index (χ2n) is 8.18. The summed E-state index contributed by atoms with van der Waals surface area (Å²) in [5.41, 5.74) is 12.1. The average molecular weight is 393 g/mol. The number of likely N-dealkylation sites (tertiary alicyclic amines) is 1. The Balaban J connectivity index is 1.41. The van der Waals surface area contributed by atoms with Crippen LogP contribution in [0.15, 0.2) is 30.3 Å². The largest absolute Gasteiger partial charge is 0.463 e. The minimum Gasteiger partial charge on any atom is -0.463 e. The standard InChI is InChI=1S/C24H32N4O/c1-2-3-15-29-24-26-22-20(11-12-21(22)23(25)27-24)16-18-7-9-19(10-8-18)17-28-13-5-4-6-14-28/h7-11H,2-6,12-17H2,1H3,(H2,25,26,27). The van der Waals surface area contributed by atoms with Crippen molar-refractivity contribution in [1.82, 2.24) is 14.9 Å². The summed E-state index contributed by atoms with van der Waals surface area (Å²) in [5, 5.41) is 0. The highest BCUT2D eigenvalue weighted by Gasteiger charge is 2.21. The maximum Gasteiger partial charge on any atom is 0.318 e. The molecule has 29 heavy (non-hydrogen) atoms. The van der Waals surface area contributed by atoms with E-state index in [-0.39, 0.29) is 0 Å². The second kappa shape index (κ2) is 9.40. The molecule has 5 nitrogen and oxygen atoms in total. The third kappa shape index (κ3) is 4.96. The Morgan fingerprint density at radius 2 is 1.79 bits per heavy atom. The van der Waals surface area contributed by atoms with Gasteiger partial charge in [-0.1, -0.05) is 50.1 Å². The average Bonchev–Trinajstić information content (AvgIpc) is 3.14. The number of hydrogen-bond acceptors (Lipinski definition) is 5. The molecule has 2 aromatic rings. The van der Waals surface area contributed by atoms with E-state index in [1.165, 1.54) is 49.1 Å². The highest BCUT2D eigenvalue weighted by molar-refractivity contribution is 5.75. The van der Waals surface area contributed by atoms with Gasteiger partial charge in [-0.25, -0.2) is 0 Å². The van der Waals surface area contributed by atoms with Crippen molar-refractivity contribution in [3.63, 3.8) is 0 Å². The number of benzene rings is 1. The molecule has 2 N–H and O–H groups in total. The number of piperidine rings is 1. The van der Waals surface area contributed by atoms with Gasteiger partial charge in [-0.3, -0.25) is 4.90 Å². The summed E-state index contributed by atoms with van der Waals surface area (Å²) in [4.78, 5) is 11.6. The number of nitrogen functional groups attached to an aromatic ring is 1. The highest BCUT2D eigenvalue weighted by atomic mass is 16.5. The first-order chi connectivity index (χ1) is 14.2. The van der Waals surface area contributed by atoms with Gasteiger partial charge in [0.2, 0.25) is 0 Å². The predicted octanol–water partition coefficient (Wildman–Crippen LogP) is 4.41. The van der Waals surface area contributed by atoms with Gasteiger partial charge in [0.25, 0.3) is 0 Å². The Bertz CT molecular complexity index is 854. The fourth-order valence-electron chi connectivity index (χ4n) is 4.16. The Labute approximate surface area is 174 Å². The van der Waals surface area contributed by atoms with Crippen molar-refractivity contribution in [3.8, 4) is 6.01 Å². The molecule has 0 bridgehead atoms. The molecule has 0 amide bonds. The molecule has 154 valence electrons. The van der Waals surface area contributed by atoms with Gasteiger partial charge in [-0.05, 0) is 61.9 Å². The lowest BCUT2D eigenvalue weighted by atomic mass is 10.0. The minimum atomic E-state index is 0.402. The highest BCUT2D eigenvalue weighted by Crippen LogP contribution is 2.32. The summed E-state index contributed by atoms with van der Waals surface area (Å²) in [6.07, 6.45) is 10.0. The number of allylic oxidation sites excluding steroid dienone is 2. The van der Waals surface area contributed by atoms with E-state index in [0.29, 0.717) is 18.4 Å². The number of nitrogens with zero attached hydrogens (tertiary/aromatic N) is 3. The SMILES string of the molecule is CCCCOc1nc(N)c2c(n1)C(Cc1ccc(CN3CCCCC3)cc1)=CC2. The third-order valence-electron chi connectivity index (χ3n) is 5.88. The zero-order chi connectivity index (χ0) is 20.1. The minimum absolute atomic E-state index is 0.402. The van der Waals surface area contributed by atoms with Gasteiger partial charge in [0.15, 0.2) is 0 Å². The van der Waals surface area contributed by atoms with Crippen molar-refractivity contribution in [2.45, 2.75) is 58.4 Å². The molecular formula is C24H32N4O. The fourth-order valence-corrected chi connectivity index (χ4v) is 4.16. The number of anilines is 1. The van der Waals surface area contributed by atoms with Crippen LogP contribution in [0.2, 0.25) is 0 Å². The van der Waals surface area contributed by atoms with Crippen LogP contribution in [0.4, 0.5) is 5.82 Å². The molecule has 1 aromatic heterocycles. The van der Waals surface area contributed by atoms with Crippen LogP contribution in [0.5, 0.6) is 6.01 Å². The molecule has 1 saturated heterocycles. The summed E-state index contributed by atoms with van der Waals surface area (Å²) in [6, 6.07) is 9.45. The van der Waals surface area contributed by atoms with Gasteiger partial charge in [0, 0.05) is 12.1 Å². The molecule has 1 aliphatic carbocycles. The first kappa shape index (κ1) is 19.9. The Kier molecular flexibility index (Phi) is 6.45. The molecule has 2 heterocycles. The smallest absolute Gasteiger partial charge is 0.318 e. The lowest BCUT2D eigenvalue weighted by Crippen LogP contribution is -2.29. The molecule has 0 spiro atoms. The van der Waals surface area contributed by atoms with Gasteiger partial charge < -0.3 is 10.5 Å². The zero-order valence-electron chi connectivity index (χ0n) is 17.5. The van der Waals surface area contributed by atoms with Crippen LogP contribution in [0.1, 0.15) is 61.4 Å². The van der Waals surface area contributed by atoms with Crippen LogP contribution >= 0.6 is 0 Å². The van der Waals surface area contributed by atoms with Crippen molar-refractivity contribution >= 4 is 11.4 Å². The first-order valence-corrected chi connectivity index (χ1v) is 11.0. The number of aromatic nitrogens is 2. The summed E-state index contributed by atoms with van der Waals surface area (Å²) in [7, 11) is 0. The van der Waals surface area contributed by atoms with E-state index in [0.717, 1.165) is 43.5 Å². The Morgan fingerprint density at radius 1 is 1.03 bits per heavy atom. The molecule has 1 fully saturated rings. The number of unbranched alkanes of at least 4 members (excludes halogenated alkanes) is 1. The van der Waals surface area contributed by atoms with Gasteiger partial charge in [0.05, 0.1) is 12.3 Å². The molecule has 0 atom stereocenters. The molecule has 0 saturated carbocycles. The van der Waals surface area contributed by atoms with Gasteiger partial charge in [0.1, 0.15) is 5.82 Å². The number of rotatable bonds is 8. The molecule has 0 radical (unpaired) electrons. The van der Waals surface area contributed by atoms with Crippen molar-refractivity contribution in [2.75, 3.05) is 25.4 Å². The molecule has 5 heteroatoms. The first-order valence-electron chi connectivity index (χ1n) is 11.0. The summed E-state index contributed by atoms with van der Waals surface area (Å²) in [6.45, 7) is 6.30. The van der Waals surface area contributed by atoms with Gasteiger partial charge in [-0.15, -0.1) is 0 Å². The number of ether oxygens (including phenoxy) is 1. The normalized spacial score (nSPS) is 16.5. The molecule has 1 aromatic carbocycles. The molecule has 0 unspecified atom stereocenters. The van der Waals surface area contributed by atoms with Gasteiger partial charge >= 0.3 is 6.01 Å². The number of fused-ring (bicyclic) bond motifs is 1. The van der Waals surface area contributed by atoms with Crippen LogP contribution in [0, 0.1) is 0 Å². The molecule has 1 aliphatic heterocycles. The molecular weight excluding hydrogens is 360 g/mol. The predicted molar refractivity (Wildman–Crippen MR) is 118 cm³/mol. The van der Waals surface area contributed by atoms with E-state index >= 15 is 0 Å². The lowest BCUT2D eigenvalue weighted by Gasteiger charge is -2.26. The summed E-state index contributed by atoms with van der Waals surface area (Å²) in [5.74, 6) is 0.546. The van der Waals surface area contributed by atoms with E-state index in [2.05, 4.69) is 52.1 Å².